The van der Waals surface area contributed by atoms with Crippen LogP contribution in [0.1, 0.15) is 48.1 Å². The molecule has 2 aliphatic heterocycles. The van der Waals surface area contributed by atoms with E-state index in [4.69, 9.17) is 4.74 Å². The van der Waals surface area contributed by atoms with E-state index in [1.807, 2.05) is 4.90 Å². The number of hydrogen-bond acceptors (Lipinski definition) is 5. The first-order valence-electron chi connectivity index (χ1n) is 11.8. The number of nitrogens with zero attached hydrogens (tertiary/aromatic N) is 2. The van der Waals surface area contributed by atoms with Gasteiger partial charge in [0.25, 0.3) is 11.8 Å². The number of thiophene rings is 1. The predicted molar refractivity (Wildman–Crippen MR) is 131 cm³/mol. The van der Waals surface area contributed by atoms with Gasteiger partial charge < -0.3 is 14.5 Å². The molecule has 1 aromatic heterocycles. The Morgan fingerprint density at radius 1 is 0.919 bits per heavy atom. The number of piperidine rings is 1. The highest BCUT2D eigenvalue weighted by Crippen LogP contribution is 2.34. The molecule has 0 radical (unpaired) electrons. The number of rotatable bonds is 5. The van der Waals surface area contributed by atoms with E-state index in [0.717, 1.165) is 31.3 Å². The lowest BCUT2D eigenvalue weighted by atomic mass is 9.92. The van der Waals surface area contributed by atoms with Gasteiger partial charge in [-0.05, 0) is 79.4 Å². The van der Waals surface area contributed by atoms with Crippen LogP contribution in [0.4, 0.5) is 13.2 Å². The predicted octanol–water partition coefficient (Wildman–Crippen LogP) is 5.75. The van der Waals surface area contributed by atoms with Crippen LogP contribution in [0.3, 0.4) is 0 Å². The van der Waals surface area contributed by atoms with Crippen LogP contribution >= 0.6 is 11.3 Å². The molecule has 37 heavy (non-hydrogen) atoms. The molecule has 2 amide bonds. The molecule has 3 heterocycles. The number of ether oxygens (including phenoxy) is 1. The van der Waals surface area contributed by atoms with E-state index in [1.54, 1.807) is 41.3 Å². The maximum absolute atomic E-state index is 13.2. The molecular weight excluding hydrogens is 505 g/mol. The van der Waals surface area contributed by atoms with Crippen molar-refractivity contribution in [3.8, 4) is 11.5 Å². The minimum Gasteiger partial charge on any atom is -0.457 e. The third kappa shape index (κ3) is 5.24. The molecule has 0 aliphatic carbocycles. The quantitative estimate of drug-likeness (QED) is 0.396. The van der Waals surface area contributed by atoms with Crippen LogP contribution in [-0.4, -0.2) is 53.6 Å². The standard InChI is InChI=1S/C27H23F3N2O4S/c28-27(29,30)19-5-9-21(10-6-19)36-20-7-3-17(4-8-20)25(34)31-14-18-2-1-13-32(23(18)15-31)26(35)24-12-11-22(16-33)37-24/h3-12,16,18,23H,1-2,13-15H2/t18-,23+/m1/s1. The van der Waals surface area contributed by atoms with E-state index in [9.17, 15) is 27.6 Å². The van der Waals surface area contributed by atoms with Crippen LogP contribution in [-0.2, 0) is 6.18 Å². The second-order valence-electron chi connectivity index (χ2n) is 9.15. The smallest absolute Gasteiger partial charge is 0.416 e. The number of aldehydes is 1. The van der Waals surface area contributed by atoms with Crippen molar-refractivity contribution in [3.05, 3.63) is 81.5 Å². The summed E-state index contributed by atoms with van der Waals surface area (Å²) in [4.78, 5) is 42.0. The lowest BCUT2D eigenvalue weighted by Gasteiger charge is -2.36. The average Bonchev–Trinajstić information content (AvgIpc) is 3.55. The zero-order valence-electron chi connectivity index (χ0n) is 19.6. The molecule has 0 N–H and O–H groups in total. The molecule has 0 unspecified atom stereocenters. The summed E-state index contributed by atoms with van der Waals surface area (Å²) in [6.45, 7) is 1.61. The van der Waals surface area contributed by atoms with Gasteiger partial charge in [-0.25, -0.2) is 0 Å². The Balaban J connectivity index is 1.23. The van der Waals surface area contributed by atoms with Gasteiger partial charge in [-0.1, -0.05) is 0 Å². The fourth-order valence-corrected chi connectivity index (χ4v) is 5.75. The minimum atomic E-state index is -4.41. The van der Waals surface area contributed by atoms with Gasteiger partial charge in [-0.15, -0.1) is 11.3 Å². The second-order valence-corrected chi connectivity index (χ2v) is 10.3. The molecule has 2 saturated heterocycles. The van der Waals surface area contributed by atoms with Gasteiger partial charge in [0.15, 0.2) is 6.29 Å². The molecule has 3 aromatic rings. The van der Waals surface area contributed by atoms with Gasteiger partial charge in [-0.2, -0.15) is 13.2 Å². The van der Waals surface area contributed by atoms with Crippen LogP contribution in [0.25, 0.3) is 0 Å². The maximum Gasteiger partial charge on any atom is 0.416 e. The molecular formula is C27H23F3N2O4S. The van der Waals surface area contributed by atoms with E-state index >= 15 is 0 Å². The first-order chi connectivity index (χ1) is 17.7. The molecule has 2 aromatic carbocycles. The molecule has 0 spiro atoms. The Bertz CT molecular complexity index is 1300. The number of carbonyl (C=O) groups excluding carboxylic acids is 3. The van der Waals surface area contributed by atoms with Crippen molar-refractivity contribution < 1.29 is 32.3 Å². The largest absolute Gasteiger partial charge is 0.457 e. The van der Waals surface area contributed by atoms with Crippen molar-refractivity contribution in [2.45, 2.75) is 25.1 Å². The lowest BCUT2D eigenvalue weighted by molar-refractivity contribution is -0.137. The number of fused-ring (bicyclic) bond motifs is 1. The Kier molecular flexibility index (Phi) is 6.76. The molecule has 2 fully saturated rings. The number of amides is 2. The van der Waals surface area contributed by atoms with Crippen LogP contribution in [0.5, 0.6) is 11.5 Å². The molecule has 0 saturated carbocycles. The van der Waals surface area contributed by atoms with Crippen molar-refractivity contribution in [2.24, 2.45) is 5.92 Å². The van der Waals surface area contributed by atoms with Gasteiger partial charge in [0, 0.05) is 25.2 Å². The second kappa shape index (κ2) is 10.0. The number of halogens is 3. The maximum atomic E-state index is 13.2. The molecule has 2 aliphatic rings. The first-order valence-corrected chi connectivity index (χ1v) is 12.6. The summed E-state index contributed by atoms with van der Waals surface area (Å²) in [6, 6.07) is 14.1. The molecule has 5 rings (SSSR count). The molecule has 0 bridgehead atoms. The SMILES string of the molecule is O=Cc1ccc(C(=O)N2CCC[C@@H]3CN(C(=O)c4ccc(Oc5ccc(C(F)(F)F)cc5)cc4)C[C@@H]32)s1. The summed E-state index contributed by atoms with van der Waals surface area (Å²) in [7, 11) is 0. The third-order valence-corrected chi connectivity index (χ3v) is 7.80. The Hall–Kier alpha value is -3.66. The highest BCUT2D eigenvalue weighted by molar-refractivity contribution is 7.15. The van der Waals surface area contributed by atoms with Gasteiger partial charge in [0.05, 0.1) is 21.4 Å². The molecule has 2 atom stereocenters. The number of likely N-dealkylation sites (tertiary alicyclic amines) is 2. The fourth-order valence-electron chi connectivity index (χ4n) is 4.97. The van der Waals surface area contributed by atoms with Crippen LogP contribution in [0.15, 0.2) is 60.7 Å². The van der Waals surface area contributed by atoms with E-state index in [0.29, 0.717) is 40.7 Å². The number of alkyl halides is 3. The summed E-state index contributed by atoms with van der Waals surface area (Å²) >= 11 is 1.17. The highest BCUT2D eigenvalue weighted by atomic mass is 32.1. The average molecular weight is 529 g/mol. The molecule has 192 valence electrons. The first kappa shape index (κ1) is 25.0. The topological polar surface area (TPSA) is 66.9 Å². The Labute approximate surface area is 215 Å². The van der Waals surface area contributed by atoms with Gasteiger partial charge >= 0.3 is 6.18 Å². The van der Waals surface area contributed by atoms with Crippen LogP contribution in [0.2, 0.25) is 0 Å². The Morgan fingerprint density at radius 2 is 1.59 bits per heavy atom. The summed E-state index contributed by atoms with van der Waals surface area (Å²) in [5.41, 5.74) is -0.293. The lowest BCUT2D eigenvalue weighted by Crippen LogP contribution is -2.48. The third-order valence-electron chi connectivity index (χ3n) is 6.80. The fraction of sp³-hybridized carbons (Fsp3) is 0.296. The van der Waals surface area contributed by atoms with E-state index in [2.05, 4.69) is 0 Å². The normalized spacial score (nSPS) is 19.4. The minimum absolute atomic E-state index is 0.0748. The Morgan fingerprint density at radius 3 is 2.22 bits per heavy atom. The van der Waals surface area contributed by atoms with Gasteiger partial charge in [0.2, 0.25) is 0 Å². The summed E-state index contributed by atoms with van der Waals surface area (Å²) in [6.07, 6.45) is -1.89. The monoisotopic (exact) mass is 528 g/mol. The van der Waals surface area contributed by atoms with E-state index < -0.39 is 11.7 Å². The van der Waals surface area contributed by atoms with Crippen molar-refractivity contribution in [2.75, 3.05) is 19.6 Å². The van der Waals surface area contributed by atoms with E-state index in [-0.39, 0.29) is 29.5 Å². The van der Waals surface area contributed by atoms with E-state index in [1.165, 1.54) is 23.5 Å². The number of hydrogen-bond donors (Lipinski definition) is 0. The van der Waals surface area contributed by atoms with Crippen molar-refractivity contribution >= 4 is 29.4 Å². The number of carbonyl (C=O) groups is 3. The van der Waals surface area contributed by atoms with Gasteiger partial charge in [-0.3, -0.25) is 14.4 Å². The zero-order valence-corrected chi connectivity index (χ0v) is 20.4. The van der Waals surface area contributed by atoms with Crippen molar-refractivity contribution in [1.82, 2.24) is 9.80 Å². The highest BCUT2D eigenvalue weighted by Gasteiger charge is 2.43. The summed E-state index contributed by atoms with van der Waals surface area (Å²) in [5.74, 6) is 0.587. The summed E-state index contributed by atoms with van der Waals surface area (Å²) in [5, 5.41) is 0. The van der Waals surface area contributed by atoms with Crippen molar-refractivity contribution in [1.29, 1.82) is 0 Å². The molecule has 10 heteroatoms. The number of benzene rings is 2. The van der Waals surface area contributed by atoms with Crippen LogP contribution in [0, 0.1) is 5.92 Å². The molecule has 6 nitrogen and oxygen atoms in total. The summed E-state index contributed by atoms with van der Waals surface area (Å²) < 4.78 is 43.8. The van der Waals surface area contributed by atoms with Crippen LogP contribution < -0.4 is 4.74 Å². The van der Waals surface area contributed by atoms with Crippen molar-refractivity contribution in [3.63, 3.8) is 0 Å². The van der Waals surface area contributed by atoms with Gasteiger partial charge in [0.1, 0.15) is 11.5 Å². The zero-order chi connectivity index (χ0) is 26.2.